The van der Waals surface area contributed by atoms with Crippen molar-refractivity contribution in [1.82, 2.24) is 9.47 Å². The van der Waals surface area contributed by atoms with Gasteiger partial charge in [0.25, 0.3) is 5.91 Å². The van der Waals surface area contributed by atoms with E-state index in [4.69, 9.17) is 10.2 Å². The number of rotatable bonds is 6. The maximum atomic E-state index is 12.0. The molecule has 0 saturated carbocycles. The summed E-state index contributed by atoms with van der Waals surface area (Å²) in [5, 5.41) is 28.0. The van der Waals surface area contributed by atoms with Gasteiger partial charge in [-0.2, -0.15) is 0 Å². The van der Waals surface area contributed by atoms with Crippen LogP contribution in [0.25, 0.3) is 0 Å². The zero-order valence-electron chi connectivity index (χ0n) is 10.3. The Kier molecular flexibility index (Phi) is 4.41. The van der Waals surface area contributed by atoms with Crippen LogP contribution in [0.15, 0.2) is 12.1 Å². The lowest BCUT2D eigenvalue weighted by molar-refractivity contribution is -0.391. The maximum absolute atomic E-state index is 12.0. The summed E-state index contributed by atoms with van der Waals surface area (Å²) in [5.41, 5.74) is -0.167. The summed E-state index contributed by atoms with van der Waals surface area (Å²) in [7, 11) is 1.26. The predicted octanol–water partition coefficient (Wildman–Crippen LogP) is -0.455. The number of nitro groups is 1. The van der Waals surface area contributed by atoms with Crippen molar-refractivity contribution in [2.45, 2.75) is 0 Å². The molecule has 10 nitrogen and oxygen atoms in total. The molecule has 108 valence electrons. The monoisotopic (exact) mass is 285 g/mol. The van der Waals surface area contributed by atoms with E-state index in [9.17, 15) is 24.5 Å². The van der Waals surface area contributed by atoms with Crippen molar-refractivity contribution in [2.24, 2.45) is 7.05 Å². The van der Waals surface area contributed by atoms with Gasteiger partial charge < -0.3 is 25.2 Å². The Hall–Kier alpha value is -2.91. The van der Waals surface area contributed by atoms with Gasteiger partial charge in [-0.1, -0.05) is 0 Å². The van der Waals surface area contributed by atoms with E-state index in [-0.39, 0.29) is 11.5 Å². The fourth-order valence-corrected chi connectivity index (χ4v) is 1.59. The molecule has 0 spiro atoms. The van der Waals surface area contributed by atoms with Crippen LogP contribution < -0.4 is 0 Å². The average Bonchev–Trinajstić information content (AvgIpc) is 2.68. The lowest BCUT2D eigenvalue weighted by Crippen LogP contribution is -2.40. The van der Waals surface area contributed by atoms with Crippen molar-refractivity contribution in [3.05, 3.63) is 27.9 Å². The van der Waals surface area contributed by atoms with Gasteiger partial charge in [-0.05, 0) is 11.0 Å². The Labute approximate surface area is 112 Å². The lowest BCUT2D eigenvalue weighted by Gasteiger charge is -2.17. The largest absolute Gasteiger partial charge is 0.480 e. The Bertz CT molecular complexity index is 561. The third-order valence-electron chi connectivity index (χ3n) is 2.44. The minimum atomic E-state index is -1.39. The van der Waals surface area contributed by atoms with Crippen molar-refractivity contribution in [3.63, 3.8) is 0 Å². The smallest absolute Gasteiger partial charge is 0.323 e. The van der Waals surface area contributed by atoms with Crippen LogP contribution in [0.5, 0.6) is 0 Å². The van der Waals surface area contributed by atoms with Crippen molar-refractivity contribution in [3.8, 4) is 0 Å². The molecule has 1 rings (SSSR count). The van der Waals surface area contributed by atoms with Crippen molar-refractivity contribution >= 4 is 23.7 Å². The highest BCUT2D eigenvalue weighted by molar-refractivity contribution is 5.96. The van der Waals surface area contributed by atoms with Gasteiger partial charge >= 0.3 is 17.8 Å². The van der Waals surface area contributed by atoms with Crippen LogP contribution in [0.3, 0.4) is 0 Å². The quantitative estimate of drug-likeness (QED) is 0.531. The van der Waals surface area contributed by atoms with E-state index in [0.717, 1.165) is 16.7 Å². The molecule has 1 aromatic rings. The summed E-state index contributed by atoms with van der Waals surface area (Å²) in [5.74, 6) is -4.05. The van der Waals surface area contributed by atoms with Gasteiger partial charge in [-0.15, -0.1) is 0 Å². The first-order valence-electron chi connectivity index (χ1n) is 5.27. The molecule has 20 heavy (non-hydrogen) atoms. The zero-order valence-corrected chi connectivity index (χ0v) is 10.3. The van der Waals surface area contributed by atoms with E-state index < -0.39 is 35.9 Å². The molecule has 0 radical (unpaired) electrons. The van der Waals surface area contributed by atoms with Gasteiger partial charge in [-0.3, -0.25) is 14.4 Å². The molecular weight excluding hydrogens is 274 g/mol. The molecule has 1 aromatic heterocycles. The van der Waals surface area contributed by atoms with Gasteiger partial charge in [-0.25, -0.2) is 4.57 Å². The SMILES string of the molecule is Cn1c(C(=O)N(CC(=O)O)CC(=O)O)ccc1[N+](=O)[O-]. The van der Waals surface area contributed by atoms with Crippen molar-refractivity contribution < 1.29 is 29.5 Å². The summed E-state index contributed by atoms with van der Waals surface area (Å²) in [6, 6.07) is 2.21. The standard InChI is InChI=1S/C10H11N3O7/c1-11-6(2-3-7(11)13(19)20)10(18)12(4-8(14)15)5-9(16)17/h2-3H,4-5H2,1H3,(H,14,15)(H,16,17). The number of amides is 1. The van der Waals surface area contributed by atoms with E-state index in [1.54, 1.807) is 0 Å². The van der Waals surface area contributed by atoms with Crippen LogP contribution in [-0.4, -0.2) is 55.5 Å². The highest BCUT2D eigenvalue weighted by Crippen LogP contribution is 2.16. The van der Waals surface area contributed by atoms with Crippen LogP contribution in [0.2, 0.25) is 0 Å². The zero-order chi connectivity index (χ0) is 15.4. The summed E-state index contributed by atoms with van der Waals surface area (Å²) in [4.78, 5) is 43.8. The molecule has 10 heteroatoms. The van der Waals surface area contributed by atoms with Crippen LogP contribution in [0.4, 0.5) is 5.82 Å². The number of aromatic nitrogens is 1. The molecule has 0 unspecified atom stereocenters. The molecule has 0 atom stereocenters. The molecule has 0 aromatic carbocycles. The summed E-state index contributed by atoms with van der Waals surface area (Å²) in [6.07, 6.45) is 0. The number of carbonyl (C=O) groups excluding carboxylic acids is 1. The first-order chi connectivity index (χ1) is 9.23. The second-order valence-corrected chi connectivity index (χ2v) is 3.84. The highest BCUT2D eigenvalue weighted by atomic mass is 16.6. The van der Waals surface area contributed by atoms with Gasteiger partial charge in [0.05, 0.1) is 7.05 Å². The number of nitrogens with zero attached hydrogens (tertiary/aromatic N) is 3. The summed E-state index contributed by atoms with van der Waals surface area (Å²) in [6.45, 7) is -1.63. The molecule has 2 N–H and O–H groups in total. The van der Waals surface area contributed by atoms with Gasteiger partial charge in [0, 0.05) is 6.07 Å². The minimum absolute atomic E-state index is 0.167. The van der Waals surface area contributed by atoms with E-state index >= 15 is 0 Å². The van der Waals surface area contributed by atoms with E-state index in [1.807, 2.05) is 0 Å². The maximum Gasteiger partial charge on any atom is 0.323 e. The van der Waals surface area contributed by atoms with Gasteiger partial charge in [0.15, 0.2) is 5.69 Å². The molecule has 1 heterocycles. The summed E-state index contributed by atoms with van der Waals surface area (Å²) < 4.78 is 0.957. The van der Waals surface area contributed by atoms with E-state index in [0.29, 0.717) is 4.90 Å². The molecule has 0 fully saturated rings. The lowest BCUT2D eigenvalue weighted by atomic mass is 10.3. The minimum Gasteiger partial charge on any atom is -0.480 e. The Balaban J connectivity index is 3.08. The molecule has 0 aliphatic rings. The third-order valence-corrected chi connectivity index (χ3v) is 2.44. The van der Waals surface area contributed by atoms with Gasteiger partial charge in [0.2, 0.25) is 0 Å². The van der Waals surface area contributed by atoms with Crippen LogP contribution in [0.1, 0.15) is 10.5 Å². The van der Waals surface area contributed by atoms with Crippen LogP contribution in [-0.2, 0) is 16.6 Å². The Morgan fingerprint density at radius 3 is 2.10 bits per heavy atom. The van der Waals surface area contributed by atoms with Crippen LogP contribution >= 0.6 is 0 Å². The second kappa shape index (κ2) is 5.82. The molecule has 0 saturated heterocycles. The van der Waals surface area contributed by atoms with E-state index in [1.165, 1.54) is 7.05 Å². The molecule has 0 aliphatic heterocycles. The van der Waals surface area contributed by atoms with E-state index in [2.05, 4.69) is 0 Å². The molecular formula is C10H11N3O7. The number of carboxylic acids is 2. The third kappa shape index (κ3) is 3.31. The van der Waals surface area contributed by atoms with Crippen LogP contribution in [0, 0.1) is 10.1 Å². The normalized spacial score (nSPS) is 10.1. The molecule has 1 amide bonds. The van der Waals surface area contributed by atoms with Crippen molar-refractivity contribution in [1.29, 1.82) is 0 Å². The number of carbonyl (C=O) groups is 3. The number of carboxylic acid groups (broad SMARTS) is 2. The number of hydrogen-bond acceptors (Lipinski definition) is 5. The van der Waals surface area contributed by atoms with Gasteiger partial charge in [0.1, 0.15) is 13.1 Å². The highest BCUT2D eigenvalue weighted by Gasteiger charge is 2.27. The number of aliphatic carboxylic acids is 2. The fourth-order valence-electron chi connectivity index (χ4n) is 1.59. The number of hydrogen-bond donors (Lipinski definition) is 2. The Morgan fingerprint density at radius 2 is 1.75 bits per heavy atom. The Morgan fingerprint density at radius 1 is 1.25 bits per heavy atom. The first kappa shape index (κ1) is 15.1. The summed E-state index contributed by atoms with van der Waals surface area (Å²) >= 11 is 0. The van der Waals surface area contributed by atoms with Crippen molar-refractivity contribution in [2.75, 3.05) is 13.1 Å². The average molecular weight is 285 g/mol. The fraction of sp³-hybridized carbons (Fsp3) is 0.300. The molecule has 0 bridgehead atoms. The predicted molar refractivity (Wildman–Crippen MR) is 63.2 cm³/mol. The first-order valence-corrected chi connectivity index (χ1v) is 5.27. The topological polar surface area (TPSA) is 143 Å². The molecule has 0 aliphatic carbocycles. The second-order valence-electron chi connectivity index (χ2n) is 3.84.